The SMILES string of the molecule is CC(C)(C)OC(=O)N1CC2CC1CN2C/C=C/c1ccccc1. The topological polar surface area (TPSA) is 32.8 Å². The Morgan fingerprint density at radius 1 is 1.22 bits per heavy atom. The molecule has 124 valence electrons. The van der Waals surface area contributed by atoms with Gasteiger partial charge in [-0.1, -0.05) is 42.5 Å². The average molecular weight is 314 g/mol. The molecule has 2 heterocycles. The van der Waals surface area contributed by atoms with Gasteiger partial charge in [-0.25, -0.2) is 4.79 Å². The highest BCUT2D eigenvalue weighted by Crippen LogP contribution is 2.31. The summed E-state index contributed by atoms with van der Waals surface area (Å²) in [6, 6.07) is 11.1. The highest BCUT2D eigenvalue weighted by molar-refractivity contribution is 5.69. The number of rotatable bonds is 3. The van der Waals surface area contributed by atoms with Gasteiger partial charge in [0.2, 0.25) is 0 Å². The van der Waals surface area contributed by atoms with Crippen LogP contribution >= 0.6 is 0 Å². The Morgan fingerprint density at radius 2 is 1.96 bits per heavy atom. The number of carbonyl (C=O) groups is 1. The van der Waals surface area contributed by atoms with Crippen LogP contribution in [0.15, 0.2) is 36.4 Å². The zero-order chi connectivity index (χ0) is 16.4. The third-order valence-corrected chi connectivity index (χ3v) is 4.43. The Bertz CT molecular complexity index is 577. The summed E-state index contributed by atoms with van der Waals surface area (Å²) in [6.45, 7) is 8.43. The number of ether oxygens (including phenoxy) is 1. The lowest BCUT2D eigenvalue weighted by molar-refractivity contribution is 0.0138. The normalized spacial score (nSPS) is 24.6. The molecule has 0 radical (unpaired) electrons. The molecular formula is C19H26N2O2. The molecule has 4 nitrogen and oxygen atoms in total. The van der Waals surface area contributed by atoms with Crippen LogP contribution in [0.2, 0.25) is 0 Å². The van der Waals surface area contributed by atoms with Crippen LogP contribution in [-0.2, 0) is 4.74 Å². The van der Waals surface area contributed by atoms with Crippen molar-refractivity contribution in [1.82, 2.24) is 9.80 Å². The van der Waals surface area contributed by atoms with E-state index in [1.54, 1.807) is 0 Å². The molecule has 1 amide bonds. The number of amides is 1. The third kappa shape index (κ3) is 3.94. The predicted molar refractivity (Wildman–Crippen MR) is 92.2 cm³/mol. The summed E-state index contributed by atoms with van der Waals surface area (Å²) in [4.78, 5) is 16.6. The molecule has 0 saturated carbocycles. The van der Waals surface area contributed by atoms with Gasteiger partial charge in [0.15, 0.2) is 0 Å². The molecule has 4 heteroatoms. The number of fused-ring (bicyclic) bond motifs is 2. The van der Waals surface area contributed by atoms with Crippen LogP contribution in [0.4, 0.5) is 4.79 Å². The molecule has 0 aliphatic carbocycles. The van der Waals surface area contributed by atoms with E-state index in [4.69, 9.17) is 4.74 Å². The van der Waals surface area contributed by atoms with Crippen molar-refractivity contribution in [2.75, 3.05) is 19.6 Å². The first-order chi connectivity index (χ1) is 10.9. The zero-order valence-corrected chi connectivity index (χ0v) is 14.2. The maximum atomic E-state index is 12.2. The van der Waals surface area contributed by atoms with Gasteiger partial charge in [0.05, 0.1) is 0 Å². The molecule has 2 aliphatic rings. The molecule has 1 aromatic rings. The summed E-state index contributed by atoms with van der Waals surface area (Å²) in [5.74, 6) is 0. The van der Waals surface area contributed by atoms with E-state index >= 15 is 0 Å². The lowest BCUT2D eigenvalue weighted by Gasteiger charge is -2.34. The van der Waals surface area contributed by atoms with E-state index in [-0.39, 0.29) is 6.09 Å². The Hall–Kier alpha value is -1.81. The van der Waals surface area contributed by atoms with Gasteiger partial charge in [0.1, 0.15) is 5.60 Å². The fourth-order valence-corrected chi connectivity index (χ4v) is 3.41. The molecule has 0 aromatic heterocycles. The van der Waals surface area contributed by atoms with Crippen molar-refractivity contribution in [2.24, 2.45) is 0 Å². The summed E-state index contributed by atoms with van der Waals surface area (Å²) >= 11 is 0. The van der Waals surface area contributed by atoms with Crippen molar-refractivity contribution in [3.63, 3.8) is 0 Å². The summed E-state index contributed by atoms with van der Waals surface area (Å²) in [6.07, 6.45) is 5.29. The number of hydrogen-bond acceptors (Lipinski definition) is 3. The van der Waals surface area contributed by atoms with E-state index in [0.29, 0.717) is 12.1 Å². The first-order valence-electron chi connectivity index (χ1n) is 8.37. The number of benzene rings is 1. The van der Waals surface area contributed by atoms with Crippen molar-refractivity contribution in [2.45, 2.75) is 44.9 Å². The fourth-order valence-electron chi connectivity index (χ4n) is 3.41. The first-order valence-corrected chi connectivity index (χ1v) is 8.37. The van der Waals surface area contributed by atoms with Crippen molar-refractivity contribution in [1.29, 1.82) is 0 Å². The van der Waals surface area contributed by atoms with E-state index in [2.05, 4.69) is 41.3 Å². The van der Waals surface area contributed by atoms with Crippen LogP contribution < -0.4 is 0 Å². The molecule has 2 bridgehead atoms. The molecule has 2 fully saturated rings. The predicted octanol–water partition coefficient (Wildman–Crippen LogP) is 3.39. The largest absolute Gasteiger partial charge is 0.444 e. The van der Waals surface area contributed by atoms with Gasteiger partial charge < -0.3 is 9.64 Å². The number of nitrogens with zero attached hydrogens (tertiary/aromatic N) is 2. The van der Waals surface area contributed by atoms with Gasteiger partial charge in [-0.15, -0.1) is 0 Å². The molecule has 0 N–H and O–H groups in total. The van der Waals surface area contributed by atoms with Gasteiger partial charge in [0.25, 0.3) is 0 Å². The summed E-state index contributed by atoms with van der Waals surface area (Å²) in [5, 5.41) is 0. The van der Waals surface area contributed by atoms with Gasteiger partial charge >= 0.3 is 6.09 Å². The number of piperazine rings is 1. The summed E-state index contributed by atoms with van der Waals surface area (Å²) in [5.41, 5.74) is 0.809. The van der Waals surface area contributed by atoms with Gasteiger partial charge in [-0.05, 0) is 32.8 Å². The van der Waals surface area contributed by atoms with Gasteiger partial charge in [0, 0.05) is 31.7 Å². The van der Waals surface area contributed by atoms with Gasteiger partial charge in [-0.3, -0.25) is 4.90 Å². The van der Waals surface area contributed by atoms with Crippen LogP contribution in [0, 0.1) is 0 Å². The molecule has 2 unspecified atom stereocenters. The second kappa shape index (κ2) is 6.36. The zero-order valence-electron chi connectivity index (χ0n) is 14.2. The molecule has 0 spiro atoms. The Kier molecular flexibility index (Phi) is 4.44. The first kappa shape index (κ1) is 16.1. The van der Waals surface area contributed by atoms with E-state index in [0.717, 1.165) is 26.1 Å². The van der Waals surface area contributed by atoms with E-state index < -0.39 is 5.60 Å². The van der Waals surface area contributed by atoms with E-state index in [1.165, 1.54) is 5.56 Å². The molecule has 23 heavy (non-hydrogen) atoms. The minimum absolute atomic E-state index is 0.163. The fraction of sp³-hybridized carbons (Fsp3) is 0.526. The van der Waals surface area contributed by atoms with Crippen molar-refractivity contribution >= 4 is 12.2 Å². The second-order valence-corrected chi connectivity index (χ2v) is 7.44. The third-order valence-electron chi connectivity index (χ3n) is 4.43. The lowest BCUT2D eigenvalue weighted by atomic mass is 10.2. The minimum atomic E-state index is -0.420. The van der Waals surface area contributed by atoms with Crippen molar-refractivity contribution < 1.29 is 9.53 Å². The number of likely N-dealkylation sites (tertiary alicyclic amines) is 2. The average Bonchev–Trinajstić information content (AvgIpc) is 3.06. The number of hydrogen-bond donors (Lipinski definition) is 0. The maximum absolute atomic E-state index is 12.2. The molecule has 1 aromatic carbocycles. The minimum Gasteiger partial charge on any atom is -0.444 e. The number of carbonyl (C=O) groups excluding carboxylic acids is 1. The Balaban J connectivity index is 1.51. The van der Waals surface area contributed by atoms with Crippen molar-refractivity contribution in [3.05, 3.63) is 42.0 Å². The van der Waals surface area contributed by atoms with Crippen LogP contribution in [0.25, 0.3) is 6.08 Å². The van der Waals surface area contributed by atoms with E-state index in [1.807, 2.05) is 31.7 Å². The quantitative estimate of drug-likeness (QED) is 0.857. The van der Waals surface area contributed by atoms with E-state index in [9.17, 15) is 4.79 Å². The second-order valence-electron chi connectivity index (χ2n) is 7.44. The summed E-state index contributed by atoms with van der Waals surface area (Å²) < 4.78 is 5.50. The van der Waals surface area contributed by atoms with Crippen molar-refractivity contribution in [3.8, 4) is 0 Å². The van der Waals surface area contributed by atoms with Crippen LogP contribution in [0.1, 0.15) is 32.8 Å². The Labute approximate surface area is 138 Å². The molecule has 2 atom stereocenters. The smallest absolute Gasteiger partial charge is 0.410 e. The monoisotopic (exact) mass is 314 g/mol. The highest BCUT2D eigenvalue weighted by Gasteiger charge is 2.45. The molecular weight excluding hydrogens is 288 g/mol. The standard InChI is InChI=1S/C19H26N2O2/c1-19(2,3)23-18(22)21-14-16-12-17(21)13-20(16)11-7-10-15-8-5-4-6-9-15/h4-10,16-17H,11-14H2,1-3H3/b10-7+. The molecule has 2 saturated heterocycles. The summed E-state index contributed by atoms with van der Waals surface area (Å²) in [7, 11) is 0. The lowest BCUT2D eigenvalue weighted by Crippen LogP contribution is -2.50. The van der Waals surface area contributed by atoms with Crippen LogP contribution in [0.3, 0.4) is 0 Å². The maximum Gasteiger partial charge on any atom is 0.410 e. The van der Waals surface area contributed by atoms with Crippen LogP contribution in [-0.4, -0.2) is 53.2 Å². The van der Waals surface area contributed by atoms with Crippen LogP contribution in [0.5, 0.6) is 0 Å². The highest BCUT2D eigenvalue weighted by atomic mass is 16.6. The molecule has 2 aliphatic heterocycles. The Morgan fingerprint density at radius 3 is 2.57 bits per heavy atom. The van der Waals surface area contributed by atoms with Gasteiger partial charge in [-0.2, -0.15) is 0 Å². The molecule has 3 rings (SSSR count).